The number of fused-ring (bicyclic) bond motifs is 5. The molecule has 0 amide bonds. The molecule has 0 aromatic rings. The van der Waals surface area contributed by atoms with E-state index in [1.807, 2.05) is 12.2 Å². The van der Waals surface area contributed by atoms with Gasteiger partial charge in [-0.05, 0) is 37.0 Å². The number of hydrogen-bond donors (Lipinski definition) is 1. The molecule has 3 aliphatic rings. The van der Waals surface area contributed by atoms with Gasteiger partial charge in [-0.25, -0.2) is 4.79 Å². The predicted octanol–water partition coefficient (Wildman–Crippen LogP) is 1.61. The fourth-order valence-corrected chi connectivity index (χ4v) is 4.19. The quantitative estimate of drug-likeness (QED) is 0.487. The van der Waals surface area contributed by atoms with Crippen LogP contribution in [-0.4, -0.2) is 30.3 Å². The molecule has 2 fully saturated rings. The zero-order valence-corrected chi connectivity index (χ0v) is 11.2. The minimum absolute atomic E-state index is 0.0232. The molecule has 0 heterocycles. The first-order chi connectivity index (χ1) is 9.22. The van der Waals surface area contributed by atoms with E-state index in [2.05, 4.69) is 4.74 Å². The van der Waals surface area contributed by atoms with Crippen molar-refractivity contribution < 1.29 is 31.3 Å². The molecule has 0 radical (unpaired) electrons. The second-order valence-electron chi connectivity index (χ2n) is 5.74. The van der Waals surface area contributed by atoms with Crippen molar-refractivity contribution in [2.24, 2.45) is 23.7 Å². The second kappa shape index (κ2) is 4.24. The van der Waals surface area contributed by atoms with Crippen LogP contribution < -0.4 is 0 Å². The maximum Gasteiger partial charge on any atom is 0.465 e. The fraction of sp³-hybridized carbons (Fsp3) is 0.750. The largest absolute Gasteiger partial charge is 0.465 e. The average Bonchev–Trinajstić information content (AvgIpc) is 2.97. The third-order valence-electron chi connectivity index (χ3n) is 4.77. The molecule has 20 heavy (non-hydrogen) atoms. The average molecular weight is 308 g/mol. The Morgan fingerprint density at radius 1 is 1.30 bits per heavy atom. The number of halogens is 2. The lowest BCUT2D eigenvalue weighted by Gasteiger charge is -2.31. The Labute approximate surface area is 114 Å². The fourth-order valence-electron chi connectivity index (χ4n) is 3.93. The van der Waals surface area contributed by atoms with Gasteiger partial charge in [-0.2, -0.15) is 17.2 Å². The minimum atomic E-state index is -5.80. The summed E-state index contributed by atoms with van der Waals surface area (Å²) in [6.07, 6.45) is 5.65. The molecule has 5 atom stereocenters. The Morgan fingerprint density at radius 3 is 2.65 bits per heavy atom. The predicted molar refractivity (Wildman–Crippen MR) is 63.3 cm³/mol. The van der Waals surface area contributed by atoms with E-state index < -0.39 is 27.4 Å². The summed E-state index contributed by atoms with van der Waals surface area (Å²) in [6, 6.07) is 0. The van der Waals surface area contributed by atoms with Crippen molar-refractivity contribution in [3.8, 4) is 0 Å². The maximum atomic E-state index is 13.2. The number of ether oxygens (including phenoxy) is 1. The molecule has 0 spiro atoms. The number of alkyl halides is 2. The third kappa shape index (κ3) is 1.88. The highest BCUT2D eigenvalue weighted by molar-refractivity contribution is 7.87. The number of esters is 1. The normalized spacial score (nSPS) is 39.0. The SMILES string of the molecule is O=C(OC1CC2CC1C1C=CCC21)C(F)(F)S(=O)(=O)O. The van der Waals surface area contributed by atoms with Gasteiger partial charge in [0.15, 0.2) is 0 Å². The second-order valence-corrected chi connectivity index (χ2v) is 7.20. The van der Waals surface area contributed by atoms with Crippen molar-refractivity contribution in [1.29, 1.82) is 0 Å². The Kier molecular flexibility index (Phi) is 2.95. The maximum absolute atomic E-state index is 13.2. The first kappa shape index (κ1) is 13.9. The molecule has 3 aliphatic carbocycles. The van der Waals surface area contributed by atoms with Gasteiger partial charge in [0.05, 0.1) is 0 Å². The molecule has 1 N–H and O–H groups in total. The molecule has 0 aromatic heterocycles. The van der Waals surface area contributed by atoms with Crippen LogP contribution in [0.2, 0.25) is 0 Å². The van der Waals surface area contributed by atoms with Crippen LogP contribution in [0, 0.1) is 23.7 Å². The highest BCUT2D eigenvalue weighted by Crippen LogP contribution is 2.57. The van der Waals surface area contributed by atoms with Crippen molar-refractivity contribution in [3.63, 3.8) is 0 Å². The van der Waals surface area contributed by atoms with E-state index in [0.717, 1.165) is 12.8 Å². The zero-order chi connectivity index (χ0) is 14.7. The minimum Gasteiger partial charge on any atom is -0.457 e. The molecule has 0 aliphatic heterocycles. The highest BCUT2D eigenvalue weighted by atomic mass is 32.2. The molecule has 112 valence electrons. The van der Waals surface area contributed by atoms with Crippen LogP contribution in [0.3, 0.4) is 0 Å². The lowest BCUT2D eigenvalue weighted by Crippen LogP contribution is -2.42. The lowest BCUT2D eigenvalue weighted by molar-refractivity contribution is -0.170. The van der Waals surface area contributed by atoms with E-state index in [0.29, 0.717) is 18.3 Å². The van der Waals surface area contributed by atoms with Crippen LogP contribution >= 0.6 is 0 Å². The van der Waals surface area contributed by atoms with Crippen LogP contribution in [0.25, 0.3) is 0 Å². The van der Waals surface area contributed by atoms with Gasteiger partial charge in [-0.1, -0.05) is 12.2 Å². The van der Waals surface area contributed by atoms with E-state index in [1.165, 1.54) is 0 Å². The Hall–Kier alpha value is -1.02. The highest BCUT2D eigenvalue weighted by Gasteiger charge is 2.58. The number of carbonyl (C=O) groups is 1. The summed E-state index contributed by atoms with van der Waals surface area (Å²) in [6.45, 7) is 0. The molecule has 5 unspecified atom stereocenters. The first-order valence-corrected chi connectivity index (χ1v) is 7.88. The molecule has 3 rings (SSSR count). The topological polar surface area (TPSA) is 80.7 Å². The van der Waals surface area contributed by atoms with Gasteiger partial charge in [-0.15, -0.1) is 0 Å². The smallest absolute Gasteiger partial charge is 0.457 e. The van der Waals surface area contributed by atoms with Crippen LogP contribution in [-0.2, 0) is 19.6 Å². The molecule has 0 saturated heterocycles. The molecule has 2 saturated carbocycles. The van der Waals surface area contributed by atoms with E-state index >= 15 is 0 Å². The molecule has 0 aromatic carbocycles. The number of rotatable bonds is 3. The van der Waals surface area contributed by atoms with Gasteiger partial charge in [0.2, 0.25) is 0 Å². The number of allylic oxidation sites excluding steroid dienone is 2. The van der Waals surface area contributed by atoms with Crippen molar-refractivity contribution in [2.75, 3.05) is 0 Å². The number of carbonyl (C=O) groups excluding carboxylic acids is 1. The van der Waals surface area contributed by atoms with Crippen LogP contribution in [0.1, 0.15) is 19.3 Å². The monoisotopic (exact) mass is 308 g/mol. The van der Waals surface area contributed by atoms with Crippen molar-refractivity contribution in [3.05, 3.63) is 12.2 Å². The first-order valence-electron chi connectivity index (χ1n) is 6.44. The standard InChI is InChI=1S/C12H14F2O5S/c13-12(14,20(16,17)18)11(15)19-10-5-6-4-9(10)8-3-1-2-7(6)8/h1,3,6-10H,2,4-5H2,(H,16,17,18). The summed E-state index contributed by atoms with van der Waals surface area (Å²) >= 11 is 0. The Bertz CT molecular complexity index is 570. The molecule has 8 heteroatoms. The summed E-state index contributed by atoms with van der Waals surface area (Å²) in [7, 11) is -5.80. The van der Waals surface area contributed by atoms with E-state index in [-0.39, 0.29) is 11.8 Å². The van der Waals surface area contributed by atoms with E-state index in [1.54, 1.807) is 0 Å². The van der Waals surface area contributed by atoms with Crippen LogP contribution in [0.15, 0.2) is 12.2 Å². The molecule has 2 bridgehead atoms. The van der Waals surface area contributed by atoms with Gasteiger partial charge >= 0.3 is 21.3 Å². The lowest BCUT2D eigenvalue weighted by atomic mass is 9.80. The third-order valence-corrected chi connectivity index (χ3v) is 5.58. The van der Waals surface area contributed by atoms with Gasteiger partial charge in [-0.3, -0.25) is 4.55 Å². The summed E-state index contributed by atoms with van der Waals surface area (Å²) in [5, 5.41) is -4.90. The van der Waals surface area contributed by atoms with E-state index in [9.17, 15) is 22.0 Å². The zero-order valence-electron chi connectivity index (χ0n) is 10.4. The number of hydrogen-bond acceptors (Lipinski definition) is 4. The summed E-state index contributed by atoms with van der Waals surface area (Å²) in [5.74, 6) is -1.15. The van der Waals surface area contributed by atoms with Gasteiger partial charge in [0.25, 0.3) is 0 Å². The van der Waals surface area contributed by atoms with E-state index in [4.69, 9.17) is 4.55 Å². The molecular weight excluding hydrogens is 294 g/mol. The van der Waals surface area contributed by atoms with Gasteiger partial charge in [0.1, 0.15) is 6.10 Å². The van der Waals surface area contributed by atoms with Crippen molar-refractivity contribution in [1.82, 2.24) is 0 Å². The van der Waals surface area contributed by atoms with Gasteiger partial charge < -0.3 is 4.74 Å². The van der Waals surface area contributed by atoms with Crippen LogP contribution in [0.5, 0.6) is 0 Å². The van der Waals surface area contributed by atoms with Crippen LogP contribution in [0.4, 0.5) is 8.78 Å². The molecule has 5 nitrogen and oxygen atoms in total. The summed E-state index contributed by atoms with van der Waals surface area (Å²) in [4.78, 5) is 11.3. The van der Waals surface area contributed by atoms with Gasteiger partial charge in [0, 0.05) is 5.92 Å². The Morgan fingerprint density at radius 2 is 2.00 bits per heavy atom. The Balaban J connectivity index is 1.71. The summed E-state index contributed by atoms with van der Waals surface area (Å²) in [5.41, 5.74) is 0. The van der Waals surface area contributed by atoms with Crippen molar-refractivity contribution >= 4 is 16.1 Å². The summed E-state index contributed by atoms with van der Waals surface area (Å²) < 4.78 is 60.4. The molecular formula is C12H14F2O5S. The van der Waals surface area contributed by atoms with Crippen molar-refractivity contribution in [2.45, 2.75) is 30.6 Å².